The molecule has 2 aliphatic rings. The fourth-order valence-corrected chi connectivity index (χ4v) is 10.5. The number of hydrogen-bond acceptors (Lipinski definition) is 5. The average molecular weight is 787 g/mol. The van der Waals surface area contributed by atoms with Crippen molar-refractivity contribution in [3.63, 3.8) is 0 Å². The fraction of sp³-hybridized carbons (Fsp3) is 0.107. The van der Waals surface area contributed by atoms with Crippen molar-refractivity contribution in [1.29, 1.82) is 0 Å². The van der Waals surface area contributed by atoms with E-state index in [1.54, 1.807) is 0 Å². The van der Waals surface area contributed by atoms with E-state index in [-0.39, 0.29) is 10.8 Å². The molecule has 2 aliphatic carbocycles. The SMILES string of the molecule is CC1(C)c2cc(-c3nnc(-c4ccc5c(c4)C(C)(C)c4cc(-c6cccc7c6oc6ccccc67)ccc4-5)o3)ccc2-c2ccc(-c3cccc4c3oc3ccccc34)cc21. The van der Waals surface area contributed by atoms with E-state index < -0.39 is 0 Å². The minimum atomic E-state index is -0.250. The van der Waals surface area contributed by atoms with Crippen molar-refractivity contribution in [2.24, 2.45) is 0 Å². The summed E-state index contributed by atoms with van der Waals surface area (Å²) in [5, 5.41) is 13.8. The summed E-state index contributed by atoms with van der Waals surface area (Å²) in [5.74, 6) is 1.02. The Kier molecular flexibility index (Phi) is 6.79. The lowest BCUT2D eigenvalue weighted by molar-refractivity contribution is 0.583. The molecule has 13 rings (SSSR count). The van der Waals surface area contributed by atoms with Crippen LogP contribution in [0.25, 0.3) is 111 Å². The van der Waals surface area contributed by atoms with Crippen molar-refractivity contribution in [2.45, 2.75) is 38.5 Å². The van der Waals surface area contributed by atoms with Gasteiger partial charge in [0.05, 0.1) is 0 Å². The topological polar surface area (TPSA) is 65.2 Å². The summed E-state index contributed by atoms with van der Waals surface area (Å²) in [7, 11) is 0. The number of fused-ring (bicyclic) bond motifs is 12. The molecule has 0 N–H and O–H groups in total. The molecule has 5 heteroatoms. The highest BCUT2D eigenvalue weighted by atomic mass is 16.4. The summed E-state index contributed by atoms with van der Waals surface area (Å²) in [6.45, 7) is 9.22. The minimum Gasteiger partial charge on any atom is -0.455 e. The number of furan rings is 2. The molecule has 0 saturated carbocycles. The zero-order chi connectivity index (χ0) is 40.8. The zero-order valence-corrected chi connectivity index (χ0v) is 34.1. The lowest BCUT2D eigenvalue weighted by Gasteiger charge is -2.22. The van der Waals surface area contributed by atoms with E-state index >= 15 is 0 Å². The van der Waals surface area contributed by atoms with Gasteiger partial charge in [-0.2, -0.15) is 0 Å². The highest BCUT2D eigenvalue weighted by molar-refractivity contribution is 6.11. The number of aromatic nitrogens is 2. The summed E-state index contributed by atoms with van der Waals surface area (Å²) in [4.78, 5) is 0. The zero-order valence-electron chi connectivity index (χ0n) is 34.1. The van der Waals surface area contributed by atoms with E-state index in [2.05, 4.69) is 171 Å². The van der Waals surface area contributed by atoms with Gasteiger partial charge in [0.15, 0.2) is 0 Å². The third-order valence-electron chi connectivity index (χ3n) is 13.7. The Morgan fingerprint density at radius 3 is 1.11 bits per heavy atom. The van der Waals surface area contributed by atoms with Crippen molar-refractivity contribution >= 4 is 43.9 Å². The lowest BCUT2D eigenvalue weighted by atomic mass is 9.81. The van der Waals surface area contributed by atoms with E-state index in [9.17, 15) is 0 Å². The molecule has 3 heterocycles. The third-order valence-corrected chi connectivity index (χ3v) is 13.7. The second-order valence-corrected chi connectivity index (χ2v) is 17.8. The molecule has 0 atom stereocenters. The van der Waals surface area contributed by atoms with Gasteiger partial charge in [-0.3, -0.25) is 0 Å². The monoisotopic (exact) mass is 786 g/mol. The van der Waals surface area contributed by atoms with Gasteiger partial charge in [0.1, 0.15) is 22.3 Å². The average Bonchev–Trinajstić information content (AvgIpc) is 4.10. The maximum absolute atomic E-state index is 6.51. The smallest absolute Gasteiger partial charge is 0.248 e. The van der Waals surface area contributed by atoms with Crippen LogP contribution in [0.2, 0.25) is 0 Å². The molecule has 0 saturated heterocycles. The first-order chi connectivity index (χ1) is 29.7. The summed E-state index contributed by atoms with van der Waals surface area (Å²) < 4.78 is 19.4. The number of rotatable bonds is 4. The standard InChI is InChI=1S/C56H38N2O3/c1-55(2)45-27-31(35-13-9-15-43-41-11-5-7-17-49(41)59-51(35)43)19-23-37(45)39-25-21-33(29-47(39)55)53-57-58-54(61-53)34-22-26-40-38-24-20-32(28-46(38)56(3,4)48(40)30-34)36-14-10-16-44-42-12-6-8-18-50(42)60-52(36)44/h5-30H,1-4H3. The van der Waals surface area contributed by atoms with E-state index in [0.29, 0.717) is 11.8 Å². The summed E-state index contributed by atoms with van der Waals surface area (Å²) in [6.07, 6.45) is 0. The molecular formula is C56H38N2O3. The molecule has 8 aromatic carbocycles. The molecule has 290 valence electrons. The van der Waals surface area contributed by atoms with Crippen molar-refractivity contribution in [2.75, 3.05) is 0 Å². The molecule has 0 amide bonds. The van der Waals surface area contributed by atoms with Crippen LogP contribution in [-0.4, -0.2) is 10.2 Å². The van der Waals surface area contributed by atoms with Gasteiger partial charge in [-0.15, -0.1) is 10.2 Å². The summed E-state index contributed by atoms with van der Waals surface area (Å²) in [5.41, 5.74) is 19.5. The van der Waals surface area contributed by atoms with Crippen molar-refractivity contribution in [3.05, 3.63) is 180 Å². The minimum absolute atomic E-state index is 0.250. The van der Waals surface area contributed by atoms with Crippen LogP contribution in [-0.2, 0) is 10.8 Å². The Balaban J connectivity index is 0.816. The molecule has 0 bridgehead atoms. The number of nitrogens with zero attached hydrogens (tertiary/aromatic N) is 2. The molecule has 0 aliphatic heterocycles. The molecular weight excluding hydrogens is 749 g/mol. The highest BCUT2D eigenvalue weighted by Crippen LogP contribution is 2.53. The van der Waals surface area contributed by atoms with E-state index in [1.165, 1.54) is 44.5 Å². The Morgan fingerprint density at radius 1 is 0.328 bits per heavy atom. The quantitative estimate of drug-likeness (QED) is 0.178. The molecule has 0 radical (unpaired) electrons. The normalized spacial score (nSPS) is 14.5. The molecule has 11 aromatic rings. The van der Waals surface area contributed by atoms with Gasteiger partial charge < -0.3 is 13.3 Å². The van der Waals surface area contributed by atoms with Gasteiger partial charge >= 0.3 is 0 Å². The second-order valence-electron chi connectivity index (χ2n) is 17.8. The van der Waals surface area contributed by atoms with Crippen molar-refractivity contribution in [3.8, 4) is 67.4 Å². The van der Waals surface area contributed by atoms with Gasteiger partial charge in [-0.1, -0.05) is 137 Å². The van der Waals surface area contributed by atoms with Gasteiger partial charge in [-0.25, -0.2) is 0 Å². The predicted octanol–water partition coefficient (Wildman–Crippen LogP) is 15.1. The van der Waals surface area contributed by atoms with Crippen molar-refractivity contribution in [1.82, 2.24) is 10.2 Å². The van der Waals surface area contributed by atoms with Crippen LogP contribution >= 0.6 is 0 Å². The van der Waals surface area contributed by atoms with Gasteiger partial charge in [0.2, 0.25) is 11.8 Å². The molecule has 0 fully saturated rings. The second kappa shape index (κ2) is 12.0. The first-order valence-corrected chi connectivity index (χ1v) is 21.0. The number of hydrogen-bond donors (Lipinski definition) is 0. The molecule has 0 spiro atoms. The largest absolute Gasteiger partial charge is 0.455 e. The maximum atomic E-state index is 6.51. The predicted molar refractivity (Wildman–Crippen MR) is 246 cm³/mol. The van der Waals surface area contributed by atoms with Crippen LogP contribution in [0, 0.1) is 0 Å². The van der Waals surface area contributed by atoms with Crippen LogP contribution < -0.4 is 0 Å². The van der Waals surface area contributed by atoms with Gasteiger partial charge in [0.25, 0.3) is 0 Å². The Hall–Kier alpha value is -7.50. The van der Waals surface area contributed by atoms with E-state index in [0.717, 1.165) is 77.3 Å². The first kappa shape index (κ1) is 34.4. The van der Waals surface area contributed by atoms with Crippen LogP contribution in [0.15, 0.2) is 171 Å². The Bertz CT molecular complexity index is 3430. The molecule has 0 unspecified atom stereocenters. The van der Waals surface area contributed by atoms with Crippen LogP contribution in [0.4, 0.5) is 0 Å². The first-order valence-electron chi connectivity index (χ1n) is 21.0. The number of para-hydroxylation sites is 4. The van der Waals surface area contributed by atoms with E-state index in [1.807, 2.05) is 24.3 Å². The van der Waals surface area contributed by atoms with Crippen LogP contribution in [0.3, 0.4) is 0 Å². The Labute approximate surface area is 351 Å². The highest BCUT2D eigenvalue weighted by Gasteiger charge is 2.38. The summed E-state index contributed by atoms with van der Waals surface area (Å²) in [6, 6.07) is 56.2. The van der Waals surface area contributed by atoms with E-state index in [4.69, 9.17) is 13.3 Å². The molecule has 3 aromatic heterocycles. The maximum Gasteiger partial charge on any atom is 0.248 e. The lowest BCUT2D eigenvalue weighted by Crippen LogP contribution is -2.15. The molecule has 61 heavy (non-hydrogen) atoms. The van der Waals surface area contributed by atoms with Crippen LogP contribution in [0.1, 0.15) is 49.9 Å². The third kappa shape index (κ3) is 4.77. The van der Waals surface area contributed by atoms with Gasteiger partial charge in [0, 0.05) is 54.6 Å². The van der Waals surface area contributed by atoms with Crippen LogP contribution in [0.5, 0.6) is 0 Å². The Morgan fingerprint density at radius 2 is 0.689 bits per heavy atom. The summed E-state index contributed by atoms with van der Waals surface area (Å²) >= 11 is 0. The van der Waals surface area contributed by atoms with Crippen molar-refractivity contribution < 1.29 is 13.3 Å². The number of benzene rings is 8. The van der Waals surface area contributed by atoms with Gasteiger partial charge in [-0.05, 0) is 104 Å². The fourth-order valence-electron chi connectivity index (χ4n) is 10.5. The molecule has 5 nitrogen and oxygen atoms in total.